The van der Waals surface area contributed by atoms with Gasteiger partial charge in [-0.2, -0.15) is 0 Å². The molecule has 5 heteroatoms. The van der Waals surface area contributed by atoms with Crippen LogP contribution in [0, 0.1) is 10.1 Å². The molecular formula is C9H8ClNO3. The zero-order chi connectivity index (χ0) is 10.6. The van der Waals surface area contributed by atoms with Gasteiger partial charge in [-0.25, -0.2) is 0 Å². The first-order valence-electron chi connectivity index (χ1n) is 3.79. The molecule has 0 aliphatic carbocycles. The Labute approximate surface area is 85.9 Å². The van der Waals surface area contributed by atoms with Crippen LogP contribution in [0.4, 0.5) is 0 Å². The lowest BCUT2D eigenvalue weighted by Gasteiger charge is -2.04. The maximum absolute atomic E-state index is 10.1. The van der Waals surface area contributed by atoms with Crippen molar-refractivity contribution < 1.29 is 9.66 Å². The molecule has 1 aromatic rings. The topological polar surface area (TPSA) is 52.4 Å². The van der Waals surface area contributed by atoms with Crippen molar-refractivity contribution >= 4 is 17.7 Å². The van der Waals surface area contributed by atoms with Crippen molar-refractivity contribution in [2.45, 2.75) is 0 Å². The molecule has 74 valence electrons. The Kier molecular flexibility index (Phi) is 3.48. The molecule has 14 heavy (non-hydrogen) atoms. The molecule has 0 unspecified atom stereocenters. The molecule has 0 bridgehead atoms. The van der Waals surface area contributed by atoms with E-state index in [1.54, 1.807) is 18.2 Å². The first kappa shape index (κ1) is 10.5. The van der Waals surface area contributed by atoms with Crippen LogP contribution in [0.5, 0.6) is 5.75 Å². The van der Waals surface area contributed by atoms with Crippen molar-refractivity contribution in [3.8, 4) is 5.75 Å². The summed E-state index contributed by atoms with van der Waals surface area (Å²) in [5.74, 6) is 0.510. The highest BCUT2D eigenvalue weighted by Crippen LogP contribution is 2.27. The fourth-order valence-corrected chi connectivity index (χ4v) is 1.22. The predicted molar refractivity (Wildman–Crippen MR) is 54.0 cm³/mol. The normalized spacial score (nSPS) is 10.4. The van der Waals surface area contributed by atoms with Crippen molar-refractivity contribution in [3.05, 3.63) is 45.1 Å². The summed E-state index contributed by atoms with van der Waals surface area (Å²) >= 11 is 5.84. The Hall–Kier alpha value is -1.55. The second-order valence-electron chi connectivity index (χ2n) is 2.46. The maximum Gasteiger partial charge on any atom is 0.235 e. The van der Waals surface area contributed by atoms with E-state index in [2.05, 4.69) is 0 Å². The Morgan fingerprint density at radius 1 is 1.57 bits per heavy atom. The summed E-state index contributed by atoms with van der Waals surface area (Å²) in [7, 11) is 1.48. The van der Waals surface area contributed by atoms with E-state index in [0.717, 1.165) is 6.20 Å². The molecule has 0 radical (unpaired) electrons. The van der Waals surface area contributed by atoms with Gasteiger partial charge in [0.1, 0.15) is 5.75 Å². The third-order valence-electron chi connectivity index (χ3n) is 1.60. The molecule has 0 aromatic heterocycles. The molecule has 0 heterocycles. The summed E-state index contributed by atoms with van der Waals surface area (Å²) in [5.41, 5.74) is 0.508. The molecule has 0 spiro atoms. The smallest absolute Gasteiger partial charge is 0.235 e. The number of methoxy groups -OCH3 is 1. The van der Waals surface area contributed by atoms with Crippen molar-refractivity contribution in [2.24, 2.45) is 0 Å². The van der Waals surface area contributed by atoms with Gasteiger partial charge in [-0.05, 0) is 12.1 Å². The largest absolute Gasteiger partial charge is 0.496 e. The minimum absolute atomic E-state index is 0.419. The standard InChI is InChI=1S/C9H8ClNO3/c1-14-9-4-2-3-8(10)7(9)5-6-11(12)13/h2-6H,1H3/b6-5+. The van der Waals surface area contributed by atoms with Crippen LogP contribution in [0.2, 0.25) is 5.02 Å². The molecule has 0 saturated heterocycles. The first-order chi connectivity index (χ1) is 6.65. The lowest BCUT2D eigenvalue weighted by molar-refractivity contribution is -0.400. The number of ether oxygens (including phenoxy) is 1. The molecule has 0 fully saturated rings. The van der Waals surface area contributed by atoms with E-state index in [4.69, 9.17) is 16.3 Å². The molecule has 0 amide bonds. The summed E-state index contributed by atoms with van der Waals surface area (Å²) < 4.78 is 5.00. The van der Waals surface area contributed by atoms with Gasteiger partial charge in [0.05, 0.1) is 17.1 Å². The van der Waals surface area contributed by atoms with Crippen LogP contribution in [0.25, 0.3) is 6.08 Å². The molecule has 0 N–H and O–H groups in total. The van der Waals surface area contributed by atoms with Gasteiger partial charge in [-0.3, -0.25) is 10.1 Å². The maximum atomic E-state index is 10.1. The molecule has 0 aliphatic rings. The average molecular weight is 214 g/mol. The summed E-state index contributed by atoms with van der Waals surface area (Å²) in [6.45, 7) is 0. The Balaban J connectivity index is 3.11. The van der Waals surface area contributed by atoms with Crippen LogP contribution in [-0.4, -0.2) is 12.0 Å². The van der Waals surface area contributed by atoms with E-state index in [-0.39, 0.29) is 0 Å². The van der Waals surface area contributed by atoms with Gasteiger partial charge in [0.25, 0.3) is 0 Å². The van der Waals surface area contributed by atoms with Crippen LogP contribution in [0.15, 0.2) is 24.4 Å². The molecule has 0 aliphatic heterocycles. The molecule has 1 rings (SSSR count). The van der Waals surface area contributed by atoms with Gasteiger partial charge in [-0.15, -0.1) is 0 Å². The number of rotatable bonds is 3. The van der Waals surface area contributed by atoms with E-state index in [9.17, 15) is 10.1 Å². The quantitative estimate of drug-likeness (QED) is 0.573. The highest BCUT2D eigenvalue weighted by atomic mass is 35.5. The highest BCUT2D eigenvalue weighted by molar-refractivity contribution is 6.32. The Morgan fingerprint density at radius 2 is 2.29 bits per heavy atom. The van der Waals surface area contributed by atoms with Gasteiger partial charge >= 0.3 is 0 Å². The second-order valence-corrected chi connectivity index (χ2v) is 2.86. The molecule has 0 atom stereocenters. The molecule has 4 nitrogen and oxygen atoms in total. The average Bonchev–Trinajstić information content (AvgIpc) is 2.15. The number of halogens is 1. The second kappa shape index (κ2) is 4.62. The summed E-state index contributed by atoms with van der Waals surface area (Å²) in [4.78, 5) is 9.57. The summed E-state index contributed by atoms with van der Waals surface area (Å²) in [6, 6.07) is 5.04. The first-order valence-corrected chi connectivity index (χ1v) is 4.17. The van der Waals surface area contributed by atoms with Crippen molar-refractivity contribution in [1.29, 1.82) is 0 Å². The van der Waals surface area contributed by atoms with Crippen LogP contribution in [-0.2, 0) is 0 Å². The van der Waals surface area contributed by atoms with Crippen LogP contribution in [0.3, 0.4) is 0 Å². The van der Waals surface area contributed by atoms with Crippen molar-refractivity contribution in [3.63, 3.8) is 0 Å². The molecule has 1 aromatic carbocycles. The number of nitro groups is 1. The van der Waals surface area contributed by atoms with E-state index >= 15 is 0 Å². The minimum atomic E-state index is -0.553. The SMILES string of the molecule is COc1cccc(Cl)c1/C=C/[N+](=O)[O-]. The Morgan fingerprint density at radius 3 is 2.86 bits per heavy atom. The number of hydrogen-bond donors (Lipinski definition) is 0. The molecule has 0 saturated carbocycles. The van der Waals surface area contributed by atoms with Gasteiger partial charge in [0.2, 0.25) is 6.20 Å². The van der Waals surface area contributed by atoms with Gasteiger partial charge in [-0.1, -0.05) is 17.7 Å². The fraction of sp³-hybridized carbons (Fsp3) is 0.111. The third-order valence-corrected chi connectivity index (χ3v) is 1.93. The Bertz CT molecular complexity index is 376. The van der Waals surface area contributed by atoms with Gasteiger partial charge < -0.3 is 4.74 Å². The fourth-order valence-electron chi connectivity index (χ4n) is 0.992. The van der Waals surface area contributed by atoms with Crippen molar-refractivity contribution in [2.75, 3.05) is 7.11 Å². The van der Waals surface area contributed by atoms with E-state index < -0.39 is 4.92 Å². The minimum Gasteiger partial charge on any atom is -0.496 e. The zero-order valence-electron chi connectivity index (χ0n) is 7.44. The molecular weight excluding hydrogens is 206 g/mol. The lowest BCUT2D eigenvalue weighted by atomic mass is 10.2. The van der Waals surface area contributed by atoms with Crippen LogP contribution in [0.1, 0.15) is 5.56 Å². The van der Waals surface area contributed by atoms with Crippen LogP contribution >= 0.6 is 11.6 Å². The third kappa shape index (κ3) is 2.47. The summed E-state index contributed by atoms with van der Waals surface area (Å²) in [5, 5.41) is 10.5. The van der Waals surface area contributed by atoms with E-state index in [1.165, 1.54) is 13.2 Å². The predicted octanol–water partition coefficient (Wildman–Crippen LogP) is 2.60. The summed E-state index contributed by atoms with van der Waals surface area (Å²) in [6.07, 6.45) is 2.13. The number of hydrogen-bond acceptors (Lipinski definition) is 3. The van der Waals surface area contributed by atoms with Crippen molar-refractivity contribution in [1.82, 2.24) is 0 Å². The zero-order valence-corrected chi connectivity index (χ0v) is 8.19. The monoisotopic (exact) mass is 213 g/mol. The van der Waals surface area contributed by atoms with Crippen LogP contribution < -0.4 is 4.74 Å². The highest BCUT2D eigenvalue weighted by Gasteiger charge is 2.04. The lowest BCUT2D eigenvalue weighted by Crippen LogP contribution is -1.89. The van der Waals surface area contributed by atoms with Gasteiger partial charge in [0, 0.05) is 11.6 Å². The number of nitrogens with zero attached hydrogens (tertiary/aromatic N) is 1. The van der Waals surface area contributed by atoms with E-state index in [1.807, 2.05) is 0 Å². The number of benzene rings is 1. The van der Waals surface area contributed by atoms with Gasteiger partial charge in [0.15, 0.2) is 0 Å². The van der Waals surface area contributed by atoms with E-state index in [0.29, 0.717) is 16.3 Å².